The highest BCUT2D eigenvalue weighted by Crippen LogP contribution is 2.24. The molecule has 4 heteroatoms. The summed E-state index contributed by atoms with van der Waals surface area (Å²) < 4.78 is 5.67. The van der Waals surface area contributed by atoms with Crippen molar-refractivity contribution in [2.75, 3.05) is 0 Å². The van der Waals surface area contributed by atoms with Gasteiger partial charge in [-0.1, -0.05) is 6.07 Å². The average molecular weight is 250 g/mol. The minimum Gasteiger partial charge on any atom is -0.456 e. The van der Waals surface area contributed by atoms with Crippen LogP contribution in [0.5, 0.6) is 11.5 Å². The van der Waals surface area contributed by atoms with Crippen LogP contribution in [0.1, 0.15) is 10.4 Å². The normalized spacial score (nSPS) is 10.3. The maximum atomic E-state index is 10.7. The van der Waals surface area contributed by atoms with Crippen LogP contribution in [0.3, 0.4) is 0 Å². The van der Waals surface area contributed by atoms with E-state index >= 15 is 0 Å². The SMILES string of the molecule is O=Cc1cncc(Oc2ccc3cccnc3c2)c1. The zero-order chi connectivity index (χ0) is 13.1. The third-order valence-electron chi connectivity index (χ3n) is 2.68. The second-order valence-electron chi connectivity index (χ2n) is 4.03. The summed E-state index contributed by atoms with van der Waals surface area (Å²) >= 11 is 0. The van der Waals surface area contributed by atoms with Crippen LogP contribution < -0.4 is 4.74 Å². The molecule has 0 N–H and O–H groups in total. The number of nitrogens with zero attached hydrogens (tertiary/aromatic N) is 2. The molecule has 19 heavy (non-hydrogen) atoms. The Morgan fingerprint density at radius 2 is 2.00 bits per heavy atom. The molecule has 0 aliphatic rings. The van der Waals surface area contributed by atoms with Gasteiger partial charge in [-0.05, 0) is 24.3 Å². The van der Waals surface area contributed by atoms with Crippen LogP contribution in [0, 0.1) is 0 Å². The molecule has 0 aliphatic heterocycles. The average Bonchev–Trinajstić information content (AvgIpc) is 2.47. The summed E-state index contributed by atoms with van der Waals surface area (Å²) in [6.45, 7) is 0. The van der Waals surface area contributed by atoms with E-state index in [1.807, 2.05) is 30.3 Å². The first-order chi connectivity index (χ1) is 9.35. The molecular formula is C15H10N2O2. The first kappa shape index (κ1) is 11.3. The summed E-state index contributed by atoms with van der Waals surface area (Å²) in [4.78, 5) is 18.9. The number of benzene rings is 1. The van der Waals surface area contributed by atoms with Gasteiger partial charge < -0.3 is 4.74 Å². The van der Waals surface area contributed by atoms with Crippen LogP contribution in [0.4, 0.5) is 0 Å². The van der Waals surface area contributed by atoms with Crippen LogP contribution in [-0.4, -0.2) is 16.3 Å². The zero-order valence-corrected chi connectivity index (χ0v) is 9.98. The third-order valence-corrected chi connectivity index (χ3v) is 2.68. The van der Waals surface area contributed by atoms with Crippen molar-refractivity contribution >= 4 is 17.2 Å². The number of carbonyl (C=O) groups excluding carboxylic acids is 1. The lowest BCUT2D eigenvalue weighted by atomic mass is 10.2. The Labute approximate surface area is 109 Å². The van der Waals surface area contributed by atoms with E-state index in [4.69, 9.17) is 4.74 Å². The number of hydrogen-bond acceptors (Lipinski definition) is 4. The first-order valence-electron chi connectivity index (χ1n) is 5.78. The van der Waals surface area contributed by atoms with E-state index in [-0.39, 0.29) is 0 Å². The number of hydrogen-bond donors (Lipinski definition) is 0. The van der Waals surface area contributed by atoms with Gasteiger partial charge in [0.05, 0.1) is 11.7 Å². The minimum atomic E-state index is 0.483. The van der Waals surface area contributed by atoms with Crippen molar-refractivity contribution in [3.63, 3.8) is 0 Å². The van der Waals surface area contributed by atoms with Crippen LogP contribution in [-0.2, 0) is 0 Å². The van der Waals surface area contributed by atoms with Gasteiger partial charge in [-0.2, -0.15) is 0 Å². The topological polar surface area (TPSA) is 52.1 Å². The van der Waals surface area contributed by atoms with E-state index in [1.54, 1.807) is 18.5 Å². The predicted octanol–water partition coefficient (Wildman–Crippen LogP) is 3.23. The van der Waals surface area contributed by atoms with Crippen molar-refractivity contribution in [3.05, 3.63) is 60.6 Å². The van der Waals surface area contributed by atoms with Crippen LogP contribution in [0.25, 0.3) is 10.9 Å². The Morgan fingerprint density at radius 3 is 2.89 bits per heavy atom. The van der Waals surface area contributed by atoms with E-state index in [9.17, 15) is 4.79 Å². The van der Waals surface area contributed by atoms with Gasteiger partial charge >= 0.3 is 0 Å². The van der Waals surface area contributed by atoms with Crippen molar-refractivity contribution < 1.29 is 9.53 Å². The number of aromatic nitrogens is 2. The van der Waals surface area contributed by atoms with Crippen LogP contribution in [0.15, 0.2) is 55.0 Å². The van der Waals surface area contributed by atoms with Crippen molar-refractivity contribution in [3.8, 4) is 11.5 Å². The highest BCUT2D eigenvalue weighted by atomic mass is 16.5. The standard InChI is InChI=1S/C15H10N2O2/c18-10-11-6-14(9-16-8-11)19-13-4-3-12-2-1-5-17-15(12)7-13/h1-10H. The van der Waals surface area contributed by atoms with Gasteiger partial charge in [0, 0.05) is 29.4 Å². The monoisotopic (exact) mass is 250 g/mol. The van der Waals surface area contributed by atoms with E-state index in [0.717, 1.165) is 17.2 Å². The van der Waals surface area contributed by atoms with Gasteiger partial charge in [-0.15, -0.1) is 0 Å². The van der Waals surface area contributed by atoms with Crippen molar-refractivity contribution in [2.24, 2.45) is 0 Å². The molecule has 0 saturated heterocycles. The van der Waals surface area contributed by atoms with Gasteiger partial charge in [0.1, 0.15) is 11.5 Å². The molecule has 0 radical (unpaired) electrons. The number of aldehydes is 1. The molecule has 0 atom stereocenters. The van der Waals surface area contributed by atoms with E-state index in [0.29, 0.717) is 17.1 Å². The predicted molar refractivity (Wildman–Crippen MR) is 71.4 cm³/mol. The lowest BCUT2D eigenvalue weighted by Crippen LogP contribution is -1.89. The fourth-order valence-electron chi connectivity index (χ4n) is 1.80. The highest BCUT2D eigenvalue weighted by molar-refractivity contribution is 5.79. The fraction of sp³-hybridized carbons (Fsp3) is 0. The molecule has 0 bridgehead atoms. The van der Waals surface area contributed by atoms with Crippen molar-refractivity contribution in [2.45, 2.75) is 0 Å². The van der Waals surface area contributed by atoms with Crippen molar-refractivity contribution in [1.82, 2.24) is 9.97 Å². The van der Waals surface area contributed by atoms with E-state index < -0.39 is 0 Å². The number of rotatable bonds is 3. The van der Waals surface area contributed by atoms with Crippen LogP contribution >= 0.6 is 0 Å². The summed E-state index contributed by atoms with van der Waals surface area (Å²) in [5.74, 6) is 1.19. The Hall–Kier alpha value is -2.75. The van der Waals surface area contributed by atoms with E-state index in [2.05, 4.69) is 9.97 Å². The number of ether oxygens (including phenoxy) is 1. The molecule has 0 unspecified atom stereocenters. The molecule has 0 saturated carbocycles. The Bertz CT molecular complexity index is 741. The molecule has 3 rings (SSSR count). The largest absolute Gasteiger partial charge is 0.456 e. The first-order valence-corrected chi connectivity index (χ1v) is 5.78. The second kappa shape index (κ2) is 4.86. The molecule has 3 aromatic rings. The third kappa shape index (κ3) is 2.42. The zero-order valence-electron chi connectivity index (χ0n) is 9.98. The van der Waals surface area contributed by atoms with Crippen LogP contribution in [0.2, 0.25) is 0 Å². The molecule has 1 aromatic carbocycles. The molecule has 2 aromatic heterocycles. The number of pyridine rings is 2. The Balaban J connectivity index is 1.94. The highest BCUT2D eigenvalue weighted by Gasteiger charge is 2.01. The molecular weight excluding hydrogens is 240 g/mol. The number of carbonyl (C=O) groups is 1. The lowest BCUT2D eigenvalue weighted by molar-refractivity contribution is 0.112. The van der Waals surface area contributed by atoms with Gasteiger partial charge in [0.15, 0.2) is 6.29 Å². The fourth-order valence-corrected chi connectivity index (χ4v) is 1.80. The second-order valence-corrected chi connectivity index (χ2v) is 4.03. The van der Waals surface area contributed by atoms with Gasteiger partial charge in [-0.3, -0.25) is 14.8 Å². The van der Waals surface area contributed by atoms with Gasteiger partial charge in [0.25, 0.3) is 0 Å². The maximum Gasteiger partial charge on any atom is 0.151 e. The summed E-state index contributed by atoms with van der Waals surface area (Å²) in [5.41, 5.74) is 1.34. The Morgan fingerprint density at radius 1 is 1.05 bits per heavy atom. The van der Waals surface area contributed by atoms with Crippen molar-refractivity contribution in [1.29, 1.82) is 0 Å². The van der Waals surface area contributed by atoms with E-state index in [1.165, 1.54) is 6.20 Å². The maximum absolute atomic E-state index is 10.7. The smallest absolute Gasteiger partial charge is 0.151 e. The quantitative estimate of drug-likeness (QED) is 0.669. The summed E-state index contributed by atoms with van der Waals surface area (Å²) in [6, 6.07) is 11.2. The number of fused-ring (bicyclic) bond motifs is 1. The minimum absolute atomic E-state index is 0.483. The molecule has 0 spiro atoms. The summed E-state index contributed by atoms with van der Waals surface area (Å²) in [7, 11) is 0. The van der Waals surface area contributed by atoms with Gasteiger partial charge in [0.2, 0.25) is 0 Å². The molecule has 0 fully saturated rings. The molecule has 0 amide bonds. The summed E-state index contributed by atoms with van der Waals surface area (Å²) in [6.07, 6.45) is 5.53. The molecule has 92 valence electrons. The molecule has 2 heterocycles. The Kier molecular flexibility index (Phi) is 2.90. The molecule has 4 nitrogen and oxygen atoms in total. The van der Waals surface area contributed by atoms with Gasteiger partial charge in [-0.25, -0.2) is 0 Å². The summed E-state index contributed by atoms with van der Waals surface area (Å²) in [5, 5.41) is 1.05. The lowest BCUT2D eigenvalue weighted by Gasteiger charge is -2.06. The molecule has 0 aliphatic carbocycles.